The third kappa shape index (κ3) is 4.15. The van der Waals surface area contributed by atoms with Crippen LogP contribution < -0.4 is 4.74 Å². The number of para-hydroxylation sites is 1. The molecule has 1 aliphatic carbocycles. The zero-order valence-electron chi connectivity index (χ0n) is 15.3. The van der Waals surface area contributed by atoms with E-state index in [2.05, 4.69) is 6.92 Å². The van der Waals surface area contributed by atoms with E-state index >= 15 is 0 Å². The van der Waals surface area contributed by atoms with Gasteiger partial charge in [-0.3, -0.25) is 4.79 Å². The summed E-state index contributed by atoms with van der Waals surface area (Å²) in [6.07, 6.45) is 4.77. The van der Waals surface area contributed by atoms with Gasteiger partial charge in [0.1, 0.15) is 5.75 Å². The number of ether oxygens (including phenoxy) is 1. The van der Waals surface area contributed by atoms with Crippen molar-refractivity contribution < 1.29 is 14.6 Å². The van der Waals surface area contributed by atoms with Gasteiger partial charge in [-0.2, -0.15) is 11.8 Å². The Balaban J connectivity index is 2.13. The Morgan fingerprint density at radius 2 is 1.83 bits per heavy atom. The molecule has 0 bridgehead atoms. The zero-order valence-corrected chi connectivity index (χ0v) is 16.1. The van der Waals surface area contributed by atoms with E-state index in [9.17, 15) is 9.90 Å². The van der Waals surface area contributed by atoms with Gasteiger partial charge in [-0.05, 0) is 50.5 Å². The van der Waals surface area contributed by atoms with Crippen LogP contribution in [0.1, 0.15) is 57.1 Å². The first-order valence-corrected chi connectivity index (χ1v) is 10.00. The minimum Gasteiger partial charge on any atom is -0.426 e. The number of thioether (sulfide) groups is 1. The molecule has 24 heavy (non-hydrogen) atoms. The summed E-state index contributed by atoms with van der Waals surface area (Å²) >= 11 is 1.81. The van der Waals surface area contributed by atoms with Crippen LogP contribution in [-0.2, 0) is 4.79 Å². The van der Waals surface area contributed by atoms with E-state index in [1.165, 1.54) is 6.42 Å². The maximum absolute atomic E-state index is 12.7. The molecular weight excluding hydrogens is 320 g/mol. The molecule has 1 saturated carbocycles. The Morgan fingerprint density at radius 3 is 2.38 bits per heavy atom. The first-order valence-electron chi connectivity index (χ1n) is 9.01. The molecule has 0 aromatic heterocycles. The van der Waals surface area contributed by atoms with Crippen molar-refractivity contribution >= 4 is 17.7 Å². The Kier molecular flexibility index (Phi) is 6.76. The van der Waals surface area contributed by atoms with Crippen LogP contribution in [0.15, 0.2) is 18.2 Å². The van der Waals surface area contributed by atoms with Crippen molar-refractivity contribution in [2.75, 3.05) is 5.75 Å². The highest BCUT2D eigenvalue weighted by Gasteiger charge is 2.44. The largest absolute Gasteiger partial charge is 0.426 e. The summed E-state index contributed by atoms with van der Waals surface area (Å²) < 4.78 is 5.46. The van der Waals surface area contributed by atoms with Crippen molar-refractivity contribution in [2.45, 2.75) is 70.7 Å². The second-order valence-electron chi connectivity index (χ2n) is 6.93. The van der Waals surface area contributed by atoms with Crippen LogP contribution in [0.25, 0.3) is 0 Å². The topological polar surface area (TPSA) is 46.5 Å². The molecule has 134 valence electrons. The minimum absolute atomic E-state index is 0.202. The van der Waals surface area contributed by atoms with Gasteiger partial charge in [-0.25, -0.2) is 0 Å². The summed E-state index contributed by atoms with van der Waals surface area (Å²) in [5.74, 6) is 0.723. The van der Waals surface area contributed by atoms with Gasteiger partial charge < -0.3 is 9.84 Å². The standard InChI is InChI=1S/C20H30O3S/c1-5-24-20(12-7-6-8-13-20)18(21)16(4)19(22)23-17-14(2)10-9-11-15(17)3/h9-11,16,18,21H,5-8,12-13H2,1-4H3/t16-,18+/m1/s1. The maximum atomic E-state index is 12.7. The predicted molar refractivity (Wildman–Crippen MR) is 101 cm³/mol. The van der Waals surface area contributed by atoms with Gasteiger partial charge in [0.15, 0.2) is 0 Å². The van der Waals surface area contributed by atoms with E-state index in [0.717, 1.165) is 42.6 Å². The van der Waals surface area contributed by atoms with Crippen molar-refractivity contribution in [1.82, 2.24) is 0 Å². The number of esters is 1. The third-order valence-corrected chi connectivity index (χ3v) is 6.64. The molecule has 1 aromatic carbocycles. The van der Waals surface area contributed by atoms with Gasteiger partial charge in [-0.1, -0.05) is 44.4 Å². The highest BCUT2D eigenvalue weighted by atomic mass is 32.2. The smallest absolute Gasteiger partial charge is 0.316 e. The molecule has 1 N–H and O–H groups in total. The number of hydrogen-bond acceptors (Lipinski definition) is 4. The van der Waals surface area contributed by atoms with Crippen molar-refractivity contribution in [3.8, 4) is 5.75 Å². The number of benzene rings is 1. The lowest BCUT2D eigenvalue weighted by Gasteiger charge is -2.42. The number of carbonyl (C=O) groups is 1. The van der Waals surface area contributed by atoms with E-state index in [4.69, 9.17) is 4.74 Å². The molecular formula is C20H30O3S. The molecule has 0 saturated heterocycles. The Morgan fingerprint density at radius 1 is 1.25 bits per heavy atom. The number of rotatable bonds is 6. The number of hydrogen-bond donors (Lipinski definition) is 1. The second-order valence-corrected chi connectivity index (χ2v) is 8.61. The summed E-state index contributed by atoms with van der Waals surface area (Å²) in [7, 11) is 0. The van der Waals surface area contributed by atoms with Crippen LogP contribution in [-0.4, -0.2) is 27.7 Å². The first kappa shape index (κ1) is 19.3. The second kappa shape index (κ2) is 8.39. The van der Waals surface area contributed by atoms with E-state index < -0.39 is 12.0 Å². The van der Waals surface area contributed by atoms with Gasteiger partial charge in [0, 0.05) is 4.75 Å². The quantitative estimate of drug-likeness (QED) is 0.598. The fraction of sp³-hybridized carbons (Fsp3) is 0.650. The van der Waals surface area contributed by atoms with Gasteiger partial charge >= 0.3 is 5.97 Å². The minimum atomic E-state index is -0.667. The lowest BCUT2D eigenvalue weighted by Crippen LogP contribution is -2.47. The number of carbonyl (C=O) groups excluding carboxylic acids is 1. The Bertz CT molecular complexity index is 538. The number of aliphatic hydroxyl groups excluding tert-OH is 1. The molecule has 0 amide bonds. The zero-order chi connectivity index (χ0) is 17.7. The van der Waals surface area contributed by atoms with Crippen molar-refractivity contribution in [2.24, 2.45) is 5.92 Å². The van der Waals surface area contributed by atoms with Crippen LogP contribution in [0.5, 0.6) is 5.75 Å². The summed E-state index contributed by atoms with van der Waals surface area (Å²) in [6.45, 7) is 7.79. The van der Waals surface area contributed by atoms with Crippen LogP contribution in [0.4, 0.5) is 0 Å². The summed E-state index contributed by atoms with van der Waals surface area (Å²) in [5.41, 5.74) is 1.89. The fourth-order valence-corrected chi connectivity index (χ4v) is 5.23. The molecule has 4 heteroatoms. The average molecular weight is 351 g/mol. The predicted octanol–water partition coefficient (Wildman–Crippen LogP) is 4.66. The summed E-state index contributed by atoms with van der Waals surface area (Å²) in [6, 6.07) is 5.83. The van der Waals surface area contributed by atoms with E-state index in [0.29, 0.717) is 5.75 Å². The number of aryl methyl sites for hydroxylation is 2. The molecule has 2 atom stereocenters. The molecule has 2 rings (SSSR count). The van der Waals surface area contributed by atoms with Crippen molar-refractivity contribution in [3.63, 3.8) is 0 Å². The molecule has 1 fully saturated rings. The van der Waals surface area contributed by atoms with E-state index in [-0.39, 0.29) is 10.7 Å². The van der Waals surface area contributed by atoms with Crippen LogP contribution in [0.3, 0.4) is 0 Å². The molecule has 0 heterocycles. The Hall–Kier alpha value is -1.00. The van der Waals surface area contributed by atoms with Crippen LogP contribution >= 0.6 is 11.8 Å². The lowest BCUT2D eigenvalue weighted by atomic mass is 9.80. The summed E-state index contributed by atoms with van der Waals surface area (Å²) in [4.78, 5) is 12.7. The van der Waals surface area contributed by atoms with Gasteiger partial charge in [-0.15, -0.1) is 0 Å². The highest BCUT2D eigenvalue weighted by molar-refractivity contribution is 8.00. The fourth-order valence-electron chi connectivity index (χ4n) is 3.70. The summed E-state index contributed by atoms with van der Waals surface area (Å²) in [5, 5.41) is 11.0. The first-order chi connectivity index (χ1) is 11.4. The van der Waals surface area contributed by atoms with Gasteiger partial charge in [0.25, 0.3) is 0 Å². The monoisotopic (exact) mass is 350 g/mol. The normalized spacial score (nSPS) is 19.5. The molecule has 0 spiro atoms. The third-order valence-electron chi connectivity index (χ3n) is 5.13. The van der Waals surface area contributed by atoms with Gasteiger partial charge in [0.05, 0.1) is 12.0 Å². The lowest BCUT2D eigenvalue weighted by molar-refractivity contribution is -0.143. The van der Waals surface area contributed by atoms with Gasteiger partial charge in [0.2, 0.25) is 0 Å². The molecule has 0 unspecified atom stereocenters. The molecule has 3 nitrogen and oxygen atoms in total. The van der Waals surface area contributed by atoms with Crippen LogP contribution in [0.2, 0.25) is 0 Å². The van der Waals surface area contributed by atoms with E-state index in [1.807, 2.05) is 43.8 Å². The van der Waals surface area contributed by atoms with Crippen LogP contribution in [0, 0.1) is 19.8 Å². The Labute approximate surface area is 150 Å². The molecule has 0 aliphatic heterocycles. The SMILES string of the molecule is CCSC1([C@@H](O)[C@@H](C)C(=O)Oc2c(C)cccc2C)CCCCC1. The average Bonchev–Trinajstić information content (AvgIpc) is 2.58. The maximum Gasteiger partial charge on any atom is 0.316 e. The number of aliphatic hydroxyl groups is 1. The highest BCUT2D eigenvalue weighted by Crippen LogP contribution is 2.44. The molecule has 1 aromatic rings. The molecule has 0 radical (unpaired) electrons. The van der Waals surface area contributed by atoms with Crippen molar-refractivity contribution in [3.05, 3.63) is 29.3 Å². The van der Waals surface area contributed by atoms with E-state index in [1.54, 1.807) is 6.92 Å². The molecule has 1 aliphatic rings. The van der Waals surface area contributed by atoms with Crippen molar-refractivity contribution in [1.29, 1.82) is 0 Å².